The van der Waals surface area contributed by atoms with E-state index in [1.165, 1.54) is 4.68 Å². The molecule has 142 valence electrons. The molecule has 7 nitrogen and oxygen atoms in total. The van der Waals surface area contributed by atoms with Crippen LogP contribution >= 0.6 is 11.5 Å². The highest BCUT2D eigenvalue weighted by Gasteiger charge is 2.39. The summed E-state index contributed by atoms with van der Waals surface area (Å²) < 4.78 is 49.6. The largest absolute Gasteiger partial charge is 0.435 e. The van der Waals surface area contributed by atoms with Crippen LogP contribution in [-0.4, -0.2) is 38.4 Å². The number of nitrogens with one attached hydrogen (secondary N) is 1. The Labute approximate surface area is 151 Å². The minimum atomic E-state index is -4.53. The molecule has 0 bridgehead atoms. The Morgan fingerprint density at radius 1 is 1.42 bits per heavy atom. The van der Waals surface area contributed by atoms with Gasteiger partial charge in [-0.15, -0.1) is 5.10 Å². The molecule has 0 saturated carbocycles. The van der Waals surface area contributed by atoms with E-state index in [2.05, 4.69) is 20.0 Å². The Morgan fingerprint density at radius 2 is 2.23 bits per heavy atom. The summed E-state index contributed by atoms with van der Waals surface area (Å²) >= 11 is 1.01. The van der Waals surface area contributed by atoms with Crippen molar-refractivity contribution in [1.82, 2.24) is 24.7 Å². The Morgan fingerprint density at radius 3 is 2.96 bits per heavy atom. The van der Waals surface area contributed by atoms with Crippen LogP contribution in [0.25, 0.3) is 0 Å². The molecule has 0 aromatic carbocycles. The third-order valence-electron chi connectivity index (χ3n) is 4.02. The lowest BCUT2D eigenvalue weighted by atomic mass is 10.1. The Hall–Kier alpha value is -2.01. The second-order valence-electron chi connectivity index (χ2n) is 5.85. The van der Waals surface area contributed by atoms with Gasteiger partial charge in [-0.1, -0.05) is 17.8 Å². The lowest BCUT2D eigenvalue weighted by molar-refractivity contribution is -0.142. The maximum Gasteiger partial charge on any atom is 0.435 e. The third kappa shape index (κ3) is 3.88. The first kappa shape index (κ1) is 18.8. The zero-order chi connectivity index (χ0) is 18.7. The molecule has 1 N–H and O–H groups in total. The number of aryl methyl sites for hydroxylation is 1. The molecule has 3 rings (SSSR count). The SMILES string of the molecule is CCCc1nnsc1C(=O)NCCn1nc(C(F)(F)F)c2c1CCOC2. The Balaban J connectivity index is 1.67. The topological polar surface area (TPSA) is 81.9 Å². The number of hydrogen-bond donors (Lipinski definition) is 1. The van der Waals surface area contributed by atoms with Crippen molar-refractivity contribution < 1.29 is 22.7 Å². The number of ether oxygens (including phenoxy) is 1. The number of halogens is 3. The van der Waals surface area contributed by atoms with Crippen molar-refractivity contribution in [3.05, 3.63) is 27.5 Å². The standard InChI is InChI=1S/C15H18F3N5O2S/c1-2-3-10-12(26-22-20-10)14(24)19-5-6-23-11-4-7-25-8-9(11)13(21-23)15(16,17)18/h2-8H2,1H3,(H,19,24). The normalized spacial score (nSPS) is 14.3. The van der Waals surface area contributed by atoms with Crippen LogP contribution in [0.2, 0.25) is 0 Å². The zero-order valence-corrected chi connectivity index (χ0v) is 14.9. The molecule has 2 aromatic rings. The van der Waals surface area contributed by atoms with Gasteiger partial charge in [-0.2, -0.15) is 18.3 Å². The van der Waals surface area contributed by atoms with Crippen molar-refractivity contribution in [2.45, 2.75) is 45.5 Å². The fourth-order valence-electron chi connectivity index (χ4n) is 2.86. The summed E-state index contributed by atoms with van der Waals surface area (Å²) in [6.45, 7) is 2.55. The number of carbonyl (C=O) groups is 1. The Bertz CT molecular complexity index is 787. The molecule has 1 amide bonds. The van der Waals surface area contributed by atoms with Gasteiger partial charge in [-0.05, 0) is 18.0 Å². The van der Waals surface area contributed by atoms with Gasteiger partial charge in [0.15, 0.2) is 5.69 Å². The van der Waals surface area contributed by atoms with E-state index in [9.17, 15) is 18.0 Å². The van der Waals surface area contributed by atoms with E-state index in [1.807, 2.05) is 6.92 Å². The highest BCUT2D eigenvalue weighted by atomic mass is 32.1. The summed E-state index contributed by atoms with van der Waals surface area (Å²) in [5.74, 6) is -0.316. The molecule has 11 heteroatoms. The molecule has 1 aliphatic heterocycles. The number of fused-ring (bicyclic) bond motifs is 1. The minimum Gasteiger partial charge on any atom is -0.376 e. The predicted molar refractivity (Wildman–Crippen MR) is 86.8 cm³/mol. The molecule has 0 radical (unpaired) electrons. The fourth-order valence-corrected chi connectivity index (χ4v) is 3.48. The van der Waals surface area contributed by atoms with Gasteiger partial charge in [-0.3, -0.25) is 9.48 Å². The molecule has 3 heterocycles. The number of amides is 1. The van der Waals surface area contributed by atoms with Crippen molar-refractivity contribution in [1.29, 1.82) is 0 Å². The van der Waals surface area contributed by atoms with Gasteiger partial charge in [0.1, 0.15) is 4.88 Å². The number of rotatable bonds is 6. The van der Waals surface area contributed by atoms with E-state index in [1.54, 1.807) is 0 Å². The van der Waals surface area contributed by atoms with Crippen LogP contribution in [-0.2, 0) is 36.9 Å². The van der Waals surface area contributed by atoms with Gasteiger partial charge in [-0.25, -0.2) is 0 Å². The molecule has 1 aliphatic rings. The van der Waals surface area contributed by atoms with Crippen LogP contribution in [0.4, 0.5) is 13.2 Å². The van der Waals surface area contributed by atoms with Crippen LogP contribution < -0.4 is 5.32 Å². The van der Waals surface area contributed by atoms with Gasteiger partial charge < -0.3 is 10.1 Å². The molecule has 2 aromatic heterocycles. The van der Waals surface area contributed by atoms with Gasteiger partial charge in [0, 0.05) is 24.2 Å². The van der Waals surface area contributed by atoms with Gasteiger partial charge in [0.2, 0.25) is 0 Å². The molecule has 0 fully saturated rings. The van der Waals surface area contributed by atoms with Gasteiger partial charge in [0.05, 0.1) is 25.5 Å². The summed E-state index contributed by atoms with van der Waals surface area (Å²) in [5, 5.41) is 10.3. The molecule has 0 unspecified atom stereocenters. The average Bonchev–Trinajstić information content (AvgIpc) is 3.20. The monoisotopic (exact) mass is 389 g/mol. The fraction of sp³-hybridized carbons (Fsp3) is 0.600. The number of aromatic nitrogens is 4. The first-order chi connectivity index (χ1) is 12.4. The second kappa shape index (κ2) is 7.70. The molecule has 0 aliphatic carbocycles. The van der Waals surface area contributed by atoms with E-state index in [0.717, 1.165) is 18.0 Å². The molecular weight excluding hydrogens is 371 g/mol. The highest BCUT2D eigenvalue weighted by Crippen LogP contribution is 2.34. The average molecular weight is 389 g/mol. The van der Waals surface area contributed by atoms with E-state index in [0.29, 0.717) is 35.7 Å². The maximum atomic E-state index is 13.1. The summed E-state index contributed by atoms with van der Waals surface area (Å²) in [4.78, 5) is 12.7. The molecule has 26 heavy (non-hydrogen) atoms. The Kier molecular flexibility index (Phi) is 5.56. The van der Waals surface area contributed by atoms with Crippen LogP contribution in [0, 0.1) is 0 Å². The van der Waals surface area contributed by atoms with Crippen LogP contribution in [0.15, 0.2) is 0 Å². The third-order valence-corrected chi connectivity index (χ3v) is 4.79. The molecular formula is C15H18F3N5O2S. The van der Waals surface area contributed by atoms with Crippen LogP contribution in [0.5, 0.6) is 0 Å². The summed E-state index contributed by atoms with van der Waals surface area (Å²) in [7, 11) is 0. The number of hydrogen-bond acceptors (Lipinski definition) is 6. The quantitative estimate of drug-likeness (QED) is 0.819. The number of alkyl halides is 3. The van der Waals surface area contributed by atoms with E-state index in [-0.39, 0.29) is 31.2 Å². The van der Waals surface area contributed by atoms with E-state index >= 15 is 0 Å². The van der Waals surface area contributed by atoms with Crippen molar-refractivity contribution in [2.24, 2.45) is 0 Å². The van der Waals surface area contributed by atoms with E-state index < -0.39 is 11.9 Å². The number of nitrogens with zero attached hydrogens (tertiary/aromatic N) is 4. The molecule has 0 spiro atoms. The van der Waals surface area contributed by atoms with Crippen LogP contribution in [0.3, 0.4) is 0 Å². The van der Waals surface area contributed by atoms with Crippen molar-refractivity contribution in [3.63, 3.8) is 0 Å². The summed E-state index contributed by atoms with van der Waals surface area (Å²) in [6.07, 6.45) is -2.66. The highest BCUT2D eigenvalue weighted by molar-refractivity contribution is 7.08. The van der Waals surface area contributed by atoms with Crippen LogP contribution in [0.1, 0.15) is 45.7 Å². The summed E-state index contributed by atoms with van der Waals surface area (Å²) in [5.41, 5.74) is 0.342. The maximum absolute atomic E-state index is 13.1. The first-order valence-corrected chi connectivity index (χ1v) is 9.02. The number of carbonyl (C=O) groups excluding carboxylic acids is 1. The van der Waals surface area contributed by atoms with Crippen molar-refractivity contribution in [3.8, 4) is 0 Å². The van der Waals surface area contributed by atoms with Gasteiger partial charge >= 0.3 is 6.18 Å². The van der Waals surface area contributed by atoms with Crippen molar-refractivity contribution >= 4 is 17.4 Å². The minimum absolute atomic E-state index is 0.0898. The van der Waals surface area contributed by atoms with Crippen molar-refractivity contribution in [2.75, 3.05) is 13.2 Å². The second-order valence-corrected chi connectivity index (χ2v) is 6.61. The van der Waals surface area contributed by atoms with Gasteiger partial charge in [0.25, 0.3) is 5.91 Å². The molecule has 0 atom stereocenters. The smallest absolute Gasteiger partial charge is 0.376 e. The summed E-state index contributed by atoms with van der Waals surface area (Å²) in [6, 6.07) is 0. The predicted octanol–water partition coefficient (Wildman–Crippen LogP) is 2.21. The lowest BCUT2D eigenvalue weighted by Crippen LogP contribution is -2.28. The zero-order valence-electron chi connectivity index (χ0n) is 14.1. The lowest BCUT2D eigenvalue weighted by Gasteiger charge is -2.15. The first-order valence-electron chi connectivity index (χ1n) is 8.24. The van der Waals surface area contributed by atoms with E-state index in [4.69, 9.17) is 4.74 Å². The molecule has 0 saturated heterocycles.